The van der Waals surface area contributed by atoms with Crippen LogP contribution in [0.15, 0.2) is 6.07 Å². The van der Waals surface area contributed by atoms with Gasteiger partial charge >= 0.3 is 0 Å². The molecule has 0 saturated carbocycles. The number of ether oxygens (including phenoxy) is 4. The van der Waals surface area contributed by atoms with Gasteiger partial charge in [-0.2, -0.15) is 0 Å². The molecule has 1 aliphatic rings. The Labute approximate surface area is 87.1 Å². The summed E-state index contributed by atoms with van der Waals surface area (Å²) in [5.41, 5.74) is 0. The standard InChI is InChI=1S/C10H12O5/c1-12-6-5-7-10(15-4-3-14-7)8(11)9(6)13-2/h5,11H,3-4H2,1-2H3. The number of rotatable bonds is 2. The molecule has 0 atom stereocenters. The van der Waals surface area contributed by atoms with E-state index >= 15 is 0 Å². The van der Waals surface area contributed by atoms with Crippen LogP contribution in [0.1, 0.15) is 0 Å². The highest BCUT2D eigenvalue weighted by atomic mass is 16.6. The van der Waals surface area contributed by atoms with Crippen LogP contribution >= 0.6 is 0 Å². The lowest BCUT2D eigenvalue weighted by Gasteiger charge is -2.21. The number of methoxy groups -OCH3 is 2. The molecule has 1 N–H and O–H groups in total. The first-order chi connectivity index (χ1) is 7.27. The minimum Gasteiger partial charge on any atom is -0.501 e. The van der Waals surface area contributed by atoms with E-state index in [0.717, 1.165) is 0 Å². The highest BCUT2D eigenvalue weighted by Crippen LogP contribution is 2.50. The third-order valence-electron chi connectivity index (χ3n) is 2.15. The smallest absolute Gasteiger partial charge is 0.208 e. The molecule has 0 aliphatic carbocycles. The molecule has 0 saturated heterocycles. The average molecular weight is 212 g/mol. The molecule has 0 spiro atoms. The van der Waals surface area contributed by atoms with Crippen LogP contribution in [0.2, 0.25) is 0 Å². The summed E-state index contributed by atoms with van der Waals surface area (Å²) >= 11 is 0. The van der Waals surface area contributed by atoms with Crippen LogP contribution in [0.4, 0.5) is 0 Å². The van der Waals surface area contributed by atoms with Gasteiger partial charge in [-0.05, 0) is 0 Å². The summed E-state index contributed by atoms with van der Waals surface area (Å²) in [5.74, 6) is 1.35. The average Bonchev–Trinajstić information content (AvgIpc) is 2.29. The van der Waals surface area contributed by atoms with E-state index in [1.54, 1.807) is 6.07 Å². The van der Waals surface area contributed by atoms with Gasteiger partial charge in [0, 0.05) is 6.07 Å². The Balaban J connectivity index is 2.57. The second-order valence-corrected chi connectivity index (χ2v) is 2.98. The van der Waals surface area contributed by atoms with E-state index in [4.69, 9.17) is 18.9 Å². The number of benzene rings is 1. The van der Waals surface area contributed by atoms with Crippen molar-refractivity contribution < 1.29 is 24.1 Å². The first-order valence-electron chi connectivity index (χ1n) is 4.51. The summed E-state index contributed by atoms with van der Waals surface area (Å²) in [6, 6.07) is 1.63. The predicted molar refractivity (Wildman–Crippen MR) is 52.2 cm³/mol. The third kappa shape index (κ3) is 1.49. The van der Waals surface area contributed by atoms with Gasteiger partial charge < -0.3 is 24.1 Å². The maximum atomic E-state index is 9.84. The lowest BCUT2D eigenvalue weighted by atomic mass is 10.2. The van der Waals surface area contributed by atoms with Crippen molar-refractivity contribution in [3.05, 3.63) is 6.07 Å². The van der Waals surface area contributed by atoms with Gasteiger partial charge in [-0.15, -0.1) is 0 Å². The van der Waals surface area contributed by atoms with Crippen LogP contribution in [-0.2, 0) is 0 Å². The predicted octanol–water partition coefficient (Wildman–Crippen LogP) is 1.18. The van der Waals surface area contributed by atoms with Gasteiger partial charge in [0.25, 0.3) is 0 Å². The zero-order valence-corrected chi connectivity index (χ0v) is 8.57. The zero-order chi connectivity index (χ0) is 10.8. The minimum absolute atomic E-state index is 0.0912. The Bertz CT molecular complexity index is 360. The molecule has 0 bridgehead atoms. The highest BCUT2D eigenvalue weighted by molar-refractivity contribution is 5.65. The largest absolute Gasteiger partial charge is 0.501 e. The van der Waals surface area contributed by atoms with Gasteiger partial charge in [-0.1, -0.05) is 0 Å². The molecule has 1 aromatic rings. The summed E-state index contributed by atoms with van der Waals surface area (Å²) in [4.78, 5) is 0. The Morgan fingerprint density at radius 2 is 1.93 bits per heavy atom. The van der Waals surface area contributed by atoms with Crippen LogP contribution in [0.25, 0.3) is 0 Å². The number of hydrogen-bond acceptors (Lipinski definition) is 5. The Hall–Kier alpha value is -1.78. The van der Waals surface area contributed by atoms with Gasteiger partial charge in [-0.3, -0.25) is 0 Å². The number of fused-ring (bicyclic) bond motifs is 1. The molecule has 2 rings (SSSR count). The molecule has 0 amide bonds. The molecule has 0 fully saturated rings. The van der Waals surface area contributed by atoms with Crippen LogP contribution in [0.5, 0.6) is 28.7 Å². The van der Waals surface area contributed by atoms with Crippen molar-refractivity contribution in [3.63, 3.8) is 0 Å². The summed E-state index contributed by atoms with van der Waals surface area (Å²) < 4.78 is 20.7. The lowest BCUT2D eigenvalue weighted by molar-refractivity contribution is 0.162. The van der Waals surface area contributed by atoms with Crippen molar-refractivity contribution in [2.75, 3.05) is 27.4 Å². The molecular weight excluding hydrogens is 200 g/mol. The van der Waals surface area contributed by atoms with Gasteiger partial charge in [0.15, 0.2) is 11.5 Å². The topological polar surface area (TPSA) is 57.2 Å². The number of phenols is 1. The Kier molecular flexibility index (Phi) is 2.45. The molecule has 0 aromatic heterocycles. The van der Waals surface area contributed by atoms with Crippen molar-refractivity contribution in [2.45, 2.75) is 0 Å². The van der Waals surface area contributed by atoms with E-state index in [-0.39, 0.29) is 11.5 Å². The first-order valence-corrected chi connectivity index (χ1v) is 4.51. The van der Waals surface area contributed by atoms with E-state index in [9.17, 15) is 5.11 Å². The van der Waals surface area contributed by atoms with E-state index in [2.05, 4.69) is 0 Å². The SMILES string of the molecule is COc1cc2c(c(O)c1OC)OCCO2. The van der Waals surface area contributed by atoms with E-state index in [1.807, 2.05) is 0 Å². The molecule has 82 valence electrons. The normalized spacial score (nSPS) is 13.5. The maximum Gasteiger partial charge on any atom is 0.208 e. The maximum absolute atomic E-state index is 9.84. The fraction of sp³-hybridized carbons (Fsp3) is 0.400. The molecule has 0 unspecified atom stereocenters. The summed E-state index contributed by atoms with van der Waals surface area (Å²) in [6.07, 6.45) is 0. The van der Waals surface area contributed by atoms with Crippen molar-refractivity contribution in [2.24, 2.45) is 0 Å². The van der Waals surface area contributed by atoms with Gasteiger partial charge in [-0.25, -0.2) is 0 Å². The second kappa shape index (κ2) is 3.76. The monoisotopic (exact) mass is 212 g/mol. The molecule has 5 nitrogen and oxygen atoms in total. The van der Waals surface area contributed by atoms with Crippen LogP contribution in [-0.4, -0.2) is 32.5 Å². The molecule has 5 heteroatoms. The minimum atomic E-state index is -0.0912. The molecule has 0 radical (unpaired) electrons. The van der Waals surface area contributed by atoms with Crippen molar-refractivity contribution >= 4 is 0 Å². The summed E-state index contributed by atoms with van der Waals surface area (Å²) in [6.45, 7) is 0.873. The van der Waals surface area contributed by atoms with Crippen molar-refractivity contribution in [1.29, 1.82) is 0 Å². The van der Waals surface area contributed by atoms with Crippen LogP contribution < -0.4 is 18.9 Å². The zero-order valence-electron chi connectivity index (χ0n) is 8.57. The van der Waals surface area contributed by atoms with Crippen LogP contribution in [0, 0.1) is 0 Å². The quantitative estimate of drug-likeness (QED) is 0.797. The van der Waals surface area contributed by atoms with Gasteiger partial charge in [0.05, 0.1) is 14.2 Å². The molecule has 1 aliphatic heterocycles. The number of phenolic OH excluding ortho intramolecular Hbond substituents is 1. The Morgan fingerprint density at radius 3 is 2.60 bits per heavy atom. The molecule has 15 heavy (non-hydrogen) atoms. The summed E-state index contributed by atoms with van der Waals surface area (Å²) in [7, 11) is 2.95. The molecule has 1 aromatic carbocycles. The van der Waals surface area contributed by atoms with Gasteiger partial charge in [0.1, 0.15) is 13.2 Å². The second-order valence-electron chi connectivity index (χ2n) is 2.98. The Morgan fingerprint density at radius 1 is 1.20 bits per heavy atom. The molecular formula is C10H12O5. The third-order valence-corrected chi connectivity index (χ3v) is 2.15. The van der Waals surface area contributed by atoms with Crippen molar-refractivity contribution in [1.82, 2.24) is 0 Å². The first kappa shape index (κ1) is 9.76. The number of aromatic hydroxyl groups is 1. The van der Waals surface area contributed by atoms with Crippen LogP contribution in [0.3, 0.4) is 0 Å². The summed E-state index contributed by atoms with van der Waals surface area (Å²) in [5, 5.41) is 9.84. The van der Waals surface area contributed by atoms with Gasteiger partial charge in [0.2, 0.25) is 17.2 Å². The fourth-order valence-corrected chi connectivity index (χ4v) is 1.48. The molecule has 1 heterocycles. The van der Waals surface area contributed by atoms with E-state index in [1.165, 1.54) is 14.2 Å². The highest BCUT2D eigenvalue weighted by Gasteiger charge is 2.23. The van der Waals surface area contributed by atoms with Crippen molar-refractivity contribution in [3.8, 4) is 28.7 Å². The number of hydrogen-bond donors (Lipinski definition) is 1. The van der Waals surface area contributed by atoms with E-state index < -0.39 is 0 Å². The lowest BCUT2D eigenvalue weighted by Crippen LogP contribution is -2.15. The van der Waals surface area contributed by atoms with E-state index in [0.29, 0.717) is 30.5 Å². The fourth-order valence-electron chi connectivity index (χ4n) is 1.48.